The van der Waals surface area contributed by atoms with Gasteiger partial charge in [0.1, 0.15) is 12.2 Å². The maximum absolute atomic E-state index is 11.9. The van der Waals surface area contributed by atoms with Crippen LogP contribution in [0, 0.1) is 0 Å². The third kappa shape index (κ3) is 11.8. The number of nitrogens with one attached hydrogen (secondary N) is 2. The number of amides is 2. The zero-order valence-corrected chi connectivity index (χ0v) is 16.7. The van der Waals surface area contributed by atoms with E-state index in [0.29, 0.717) is 0 Å². The van der Waals surface area contributed by atoms with Crippen LogP contribution in [-0.2, 0) is 30.4 Å². The van der Waals surface area contributed by atoms with Crippen molar-refractivity contribution in [2.45, 2.75) is 39.0 Å². The second kappa shape index (κ2) is 10.1. The fraction of sp³-hybridized carbons (Fsp3) is 0.529. The molecule has 0 aromatic heterocycles. The third-order valence-corrected chi connectivity index (χ3v) is 3.47. The maximum atomic E-state index is 11.9. The summed E-state index contributed by atoms with van der Waals surface area (Å²) in [7, 11) is -3.71. The van der Waals surface area contributed by atoms with Crippen LogP contribution in [0.4, 0.5) is 9.59 Å². The Morgan fingerprint density at radius 3 is 2.30 bits per heavy atom. The van der Waals surface area contributed by atoms with Crippen LogP contribution >= 0.6 is 0 Å². The summed E-state index contributed by atoms with van der Waals surface area (Å²) in [4.78, 5) is 23.7. The van der Waals surface area contributed by atoms with E-state index in [-0.39, 0.29) is 19.8 Å². The fourth-order valence-corrected chi connectivity index (χ4v) is 2.22. The summed E-state index contributed by atoms with van der Waals surface area (Å²) < 4.78 is 37.2. The van der Waals surface area contributed by atoms with E-state index >= 15 is 0 Å². The zero-order chi connectivity index (χ0) is 20.5. The van der Waals surface area contributed by atoms with Gasteiger partial charge in [-0.05, 0) is 26.3 Å². The molecule has 0 saturated carbocycles. The predicted molar refractivity (Wildman–Crippen MR) is 98.6 cm³/mol. The summed E-state index contributed by atoms with van der Waals surface area (Å²) >= 11 is 0. The molecule has 27 heavy (non-hydrogen) atoms. The minimum atomic E-state index is -3.71. The second-order valence-electron chi connectivity index (χ2n) is 6.77. The molecule has 10 heteroatoms. The van der Waals surface area contributed by atoms with Crippen LogP contribution in [0.3, 0.4) is 0 Å². The molecule has 0 saturated heterocycles. The highest BCUT2D eigenvalue weighted by atomic mass is 32.2. The molecule has 0 aliphatic rings. The molecular weight excluding hydrogens is 376 g/mol. The Bertz CT molecular complexity index is 715. The molecule has 1 aromatic rings. The summed E-state index contributed by atoms with van der Waals surface area (Å²) in [5.74, 6) is 0. The normalized spacial score (nSPS) is 12.7. The molecule has 0 aliphatic carbocycles. The van der Waals surface area contributed by atoms with Crippen LogP contribution in [0.15, 0.2) is 30.3 Å². The van der Waals surface area contributed by atoms with Crippen molar-refractivity contribution in [2.24, 2.45) is 0 Å². The molecule has 0 fully saturated rings. The SMILES string of the molecule is CC(C)(C)OC(=O)N[C@@H](CNC(=O)OCc1ccccc1)COS(C)(=O)=O. The quantitative estimate of drug-likeness (QED) is 0.636. The first-order chi connectivity index (χ1) is 12.4. The van der Waals surface area contributed by atoms with Crippen LogP contribution < -0.4 is 10.6 Å². The van der Waals surface area contributed by atoms with E-state index in [1.54, 1.807) is 32.9 Å². The predicted octanol–water partition coefficient (Wildman–Crippen LogP) is 1.78. The van der Waals surface area contributed by atoms with Gasteiger partial charge in [-0.15, -0.1) is 0 Å². The van der Waals surface area contributed by atoms with Gasteiger partial charge in [-0.2, -0.15) is 8.42 Å². The fourth-order valence-electron chi connectivity index (χ4n) is 1.81. The van der Waals surface area contributed by atoms with Crippen LogP contribution in [0.25, 0.3) is 0 Å². The highest BCUT2D eigenvalue weighted by molar-refractivity contribution is 7.85. The van der Waals surface area contributed by atoms with Crippen molar-refractivity contribution in [1.82, 2.24) is 10.6 Å². The Morgan fingerprint density at radius 1 is 1.11 bits per heavy atom. The third-order valence-electron chi connectivity index (χ3n) is 2.91. The average molecular weight is 402 g/mol. The van der Waals surface area contributed by atoms with Crippen molar-refractivity contribution in [3.05, 3.63) is 35.9 Å². The van der Waals surface area contributed by atoms with E-state index in [0.717, 1.165) is 11.8 Å². The van der Waals surface area contributed by atoms with Crippen LogP contribution in [0.1, 0.15) is 26.3 Å². The number of rotatable bonds is 8. The monoisotopic (exact) mass is 402 g/mol. The van der Waals surface area contributed by atoms with E-state index in [9.17, 15) is 18.0 Å². The molecule has 2 N–H and O–H groups in total. The van der Waals surface area contributed by atoms with Crippen LogP contribution in [0.2, 0.25) is 0 Å². The summed E-state index contributed by atoms with van der Waals surface area (Å²) in [6.07, 6.45) is -0.586. The summed E-state index contributed by atoms with van der Waals surface area (Å²) in [5.41, 5.74) is 0.0884. The van der Waals surface area contributed by atoms with Gasteiger partial charge in [-0.25, -0.2) is 9.59 Å². The molecule has 0 heterocycles. The van der Waals surface area contributed by atoms with Crippen molar-refractivity contribution < 1.29 is 31.7 Å². The van der Waals surface area contributed by atoms with Gasteiger partial charge < -0.3 is 20.1 Å². The topological polar surface area (TPSA) is 120 Å². The minimum Gasteiger partial charge on any atom is -0.445 e. The Hall–Kier alpha value is -2.33. The maximum Gasteiger partial charge on any atom is 0.408 e. The van der Waals surface area contributed by atoms with Gasteiger partial charge in [0.15, 0.2) is 0 Å². The largest absolute Gasteiger partial charge is 0.445 e. The summed E-state index contributed by atoms with van der Waals surface area (Å²) in [6, 6.07) is 8.26. The first-order valence-corrected chi connectivity index (χ1v) is 10.0. The van der Waals surface area contributed by atoms with Crippen molar-refractivity contribution in [3.63, 3.8) is 0 Å². The average Bonchev–Trinajstić information content (AvgIpc) is 2.54. The molecule has 1 atom stereocenters. The molecule has 0 unspecified atom stereocenters. The molecule has 0 radical (unpaired) electrons. The van der Waals surface area contributed by atoms with Crippen molar-refractivity contribution in [3.8, 4) is 0 Å². The Morgan fingerprint density at radius 2 is 1.74 bits per heavy atom. The van der Waals surface area contributed by atoms with Gasteiger partial charge in [-0.1, -0.05) is 30.3 Å². The molecule has 1 aromatic carbocycles. The summed E-state index contributed by atoms with van der Waals surface area (Å²) in [6.45, 7) is 4.67. The lowest BCUT2D eigenvalue weighted by atomic mass is 10.2. The molecule has 2 amide bonds. The molecule has 1 rings (SSSR count). The van der Waals surface area contributed by atoms with Crippen LogP contribution in [0.5, 0.6) is 0 Å². The summed E-state index contributed by atoms with van der Waals surface area (Å²) in [5, 5.41) is 4.91. The molecule has 9 nitrogen and oxygen atoms in total. The van der Waals surface area contributed by atoms with E-state index in [2.05, 4.69) is 10.6 Å². The van der Waals surface area contributed by atoms with Crippen molar-refractivity contribution >= 4 is 22.3 Å². The van der Waals surface area contributed by atoms with Gasteiger partial charge in [0.05, 0.1) is 18.9 Å². The molecule has 0 bridgehead atoms. The van der Waals surface area contributed by atoms with Crippen molar-refractivity contribution in [2.75, 3.05) is 19.4 Å². The lowest BCUT2D eigenvalue weighted by molar-refractivity contribution is 0.0486. The lowest BCUT2D eigenvalue weighted by Gasteiger charge is -2.23. The molecular formula is C17H26N2O7S. The van der Waals surface area contributed by atoms with Gasteiger partial charge in [0, 0.05) is 6.54 Å². The molecule has 152 valence electrons. The first-order valence-electron chi connectivity index (χ1n) is 8.23. The van der Waals surface area contributed by atoms with Gasteiger partial charge in [0.2, 0.25) is 0 Å². The number of hydrogen-bond donors (Lipinski definition) is 2. The zero-order valence-electron chi connectivity index (χ0n) is 15.9. The van der Waals surface area contributed by atoms with E-state index in [1.165, 1.54) is 0 Å². The van der Waals surface area contributed by atoms with E-state index in [1.807, 2.05) is 18.2 Å². The minimum absolute atomic E-state index is 0.0800. The number of carbonyl (C=O) groups is 2. The number of hydrogen-bond acceptors (Lipinski definition) is 7. The Kier molecular flexibility index (Phi) is 8.51. The smallest absolute Gasteiger partial charge is 0.408 e. The first kappa shape index (κ1) is 22.7. The molecule has 0 aliphatic heterocycles. The molecule has 0 spiro atoms. The van der Waals surface area contributed by atoms with Gasteiger partial charge in [0.25, 0.3) is 10.1 Å². The number of alkyl carbamates (subject to hydrolysis) is 2. The Balaban J connectivity index is 2.53. The highest BCUT2D eigenvalue weighted by Crippen LogP contribution is 2.07. The second-order valence-corrected chi connectivity index (χ2v) is 8.42. The number of benzene rings is 1. The lowest BCUT2D eigenvalue weighted by Crippen LogP contribution is -2.48. The van der Waals surface area contributed by atoms with E-state index in [4.69, 9.17) is 13.7 Å². The number of carbonyl (C=O) groups excluding carboxylic acids is 2. The van der Waals surface area contributed by atoms with Gasteiger partial charge in [-0.3, -0.25) is 4.18 Å². The van der Waals surface area contributed by atoms with E-state index < -0.39 is 33.9 Å². The Labute approximate surface area is 159 Å². The van der Waals surface area contributed by atoms with Gasteiger partial charge >= 0.3 is 12.2 Å². The standard InChI is InChI=1S/C17H26N2O7S/c1-17(2,3)26-16(21)19-14(12-25-27(4,22)23)10-18-15(20)24-11-13-8-6-5-7-9-13/h5-9,14H,10-12H2,1-4H3,(H,18,20)(H,19,21)/t14-/m0/s1. The van der Waals surface area contributed by atoms with Crippen molar-refractivity contribution in [1.29, 1.82) is 0 Å². The highest BCUT2D eigenvalue weighted by Gasteiger charge is 2.21. The van der Waals surface area contributed by atoms with Crippen LogP contribution in [-0.4, -0.2) is 51.7 Å². The number of ether oxygens (including phenoxy) is 2.